The number of hydrogen-bond donors (Lipinski definition) is 1. The van der Waals surface area contributed by atoms with Gasteiger partial charge in [-0.2, -0.15) is 0 Å². The third-order valence-corrected chi connectivity index (χ3v) is 3.94. The molecular formula is C15H18O3. The zero-order valence-electron chi connectivity index (χ0n) is 10.4. The van der Waals surface area contributed by atoms with Crippen molar-refractivity contribution in [2.75, 3.05) is 0 Å². The van der Waals surface area contributed by atoms with E-state index in [1.807, 2.05) is 18.2 Å². The Kier molecular flexibility index (Phi) is 3.08. The van der Waals surface area contributed by atoms with E-state index in [1.54, 1.807) is 0 Å². The maximum atomic E-state index is 11.8. The molecule has 0 aromatic heterocycles. The molecule has 1 aromatic rings. The summed E-state index contributed by atoms with van der Waals surface area (Å²) in [6, 6.07) is 5.76. The molecule has 0 heterocycles. The van der Waals surface area contributed by atoms with Crippen molar-refractivity contribution in [3.8, 4) is 5.75 Å². The van der Waals surface area contributed by atoms with Crippen LogP contribution < -0.4 is 4.74 Å². The number of fused-ring (bicyclic) bond motifs is 1. The van der Waals surface area contributed by atoms with Crippen LogP contribution in [-0.2, 0) is 6.42 Å². The Bertz CT molecular complexity index is 467. The highest BCUT2D eigenvalue weighted by Gasteiger charge is 2.27. The SMILES string of the molecule is O=C1CCCc2ccc(OC3CCCC3O)cc21. The Hall–Kier alpha value is -1.35. The van der Waals surface area contributed by atoms with Gasteiger partial charge in [0.2, 0.25) is 0 Å². The van der Waals surface area contributed by atoms with Gasteiger partial charge in [0.15, 0.2) is 5.78 Å². The standard InChI is InChI=1S/C15H18O3/c16-13-4-1-3-10-7-8-11(9-12(10)13)18-15-6-2-5-14(15)17/h7-9,14-15,17H,1-6H2. The third kappa shape index (κ3) is 2.15. The van der Waals surface area contributed by atoms with Crippen molar-refractivity contribution in [1.82, 2.24) is 0 Å². The number of Topliss-reactive ketones (excluding diaryl/α,β-unsaturated/α-hetero) is 1. The van der Waals surface area contributed by atoms with Crippen molar-refractivity contribution < 1.29 is 14.6 Å². The van der Waals surface area contributed by atoms with Gasteiger partial charge in [-0.05, 0) is 49.8 Å². The van der Waals surface area contributed by atoms with Gasteiger partial charge in [-0.1, -0.05) is 6.07 Å². The van der Waals surface area contributed by atoms with Crippen LogP contribution in [0.3, 0.4) is 0 Å². The number of ether oxygens (including phenoxy) is 1. The summed E-state index contributed by atoms with van der Waals surface area (Å²) in [5.41, 5.74) is 1.94. The Morgan fingerprint density at radius 1 is 1.17 bits per heavy atom. The summed E-state index contributed by atoms with van der Waals surface area (Å²) in [5.74, 6) is 0.934. The van der Waals surface area contributed by atoms with E-state index in [-0.39, 0.29) is 18.0 Å². The van der Waals surface area contributed by atoms with Gasteiger partial charge < -0.3 is 9.84 Å². The molecule has 2 unspecified atom stereocenters. The molecule has 0 radical (unpaired) electrons. The van der Waals surface area contributed by atoms with Crippen LogP contribution in [0.4, 0.5) is 0 Å². The smallest absolute Gasteiger partial charge is 0.163 e. The largest absolute Gasteiger partial charge is 0.488 e. The van der Waals surface area contributed by atoms with Crippen LogP contribution in [0.2, 0.25) is 0 Å². The number of rotatable bonds is 2. The van der Waals surface area contributed by atoms with Gasteiger partial charge in [-0.15, -0.1) is 0 Å². The molecule has 2 aliphatic carbocycles. The Balaban J connectivity index is 1.81. The lowest BCUT2D eigenvalue weighted by atomic mass is 9.90. The van der Waals surface area contributed by atoms with E-state index >= 15 is 0 Å². The average Bonchev–Trinajstić information content (AvgIpc) is 2.76. The minimum absolute atomic E-state index is 0.109. The summed E-state index contributed by atoms with van der Waals surface area (Å²) in [6.07, 6.45) is 4.82. The van der Waals surface area contributed by atoms with Gasteiger partial charge in [0, 0.05) is 12.0 Å². The second kappa shape index (κ2) is 4.73. The quantitative estimate of drug-likeness (QED) is 0.872. The first-order valence-corrected chi connectivity index (χ1v) is 6.75. The molecule has 3 rings (SSSR count). The third-order valence-electron chi connectivity index (χ3n) is 3.94. The van der Waals surface area contributed by atoms with Gasteiger partial charge in [0.05, 0.1) is 6.10 Å². The number of benzene rings is 1. The van der Waals surface area contributed by atoms with E-state index in [0.29, 0.717) is 6.42 Å². The van der Waals surface area contributed by atoms with E-state index < -0.39 is 0 Å². The molecule has 0 bridgehead atoms. The van der Waals surface area contributed by atoms with Crippen molar-refractivity contribution in [3.05, 3.63) is 29.3 Å². The van der Waals surface area contributed by atoms with Crippen LogP contribution in [0, 0.1) is 0 Å². The summed E-state index contributed by atoms with van der Waals surface area (Å²) in [4.78, 5) is 11.8. The van der Waals surface area contributed by atoms with Crippen LogP contribution in [0.15, 0.2) is 18.2 Å². The second-order valence-electron chi connectivity index (χ2n) is 5.25. The average molecular weight is 246 g/mol. The Morgan fingerprint density at radius 3 is 2.83 bits per heavy atom. The van der Waals surface area contributed by atoms with Crippen LogP contribution in [-0.4, -0.2) is 23.1 Å². The summed E-state index contributed by atoms with van der Waals surface area (Å²) in [6.45, 7) is 0. The maximum Gasteiger partial charge on any atom is 0.163 e. The van der Waals surface area contributed by atoms with E-state index in [1.165, 1.54) is 0 Å². The van der Waals surface area contributed by atoms with Gasteiger partial charge in [0.1, 0.15) is 11.9 Å². The Labute approximate surface area is 107 Å². The lowest BCUT2D eigenvalue weighted by molar-refractivity contribution is 0.0603. The normalized spacial score (nSPS) is 27.1. The molecule has 0 aliphatic heterocycles. The molecule has 2 aliphatic rings. The first-order chi connectivity index (χ1) is 8.74. The first-order valence-electron chi connectivity index (χ1n) is 6.75. The molecule has 3 heteroatoms. The predicted octanol–water partition coefficient (Wildman–Crippen LogP) is 2.50. The monoisotopic (exact) mass is 246 g/mol. The van der Waals surface area contributed by atoms with Gasteiger partial charge in [-0.25, -0.2) is 0 Å². The number of aliphatic hydroxyl groups excluding tert-OH is 1. The lowest BCUT2D eigenvalue weighted by Gasteiger charge is -2.20. The van der Waals surface area contributed by atoms with Crippen LogP contribution in [0.1, 0.15) is 48.0 Å². The van der Waals surface area contributed by atoms with Crippen molar-refractivity contribution in [2.24, 2.45) is 0 Å². The molecule has 1 saturated carbocycles. The van der Waals surface area contributed by atoms with Crippen molar-refractivity contribution >= 4 is 5.78 Å². The van der Waals surface area contributed by atoms with Crippen molar-refractivity contribution in [3.63, 3.8) is 0 Å². The van der Waals surface area contributed by atoms with Crippen molar-refractivity contribution in [2.45, 2.75) is 50.7 Å². The lowest BCUT2D eigenvalue weighted by Crippen LogP contribution is -2.25. The highest BCUT2D eigenvalue weighted by Crippen LogP contribution is 2.29. The minimum Gasteiger partial charge on any atom is -0.488 e. The number of carbonyl (C=O) groups is 1. The highest BCUT2D eigenvalue weighted by molar-refractivity contribution is 5.98. The van der Waals surface area contributed by atoms with E-state index in [2.05, 4.69) is 0 Å². The van der Waals surface area contributed by atoms with Crippen LogP contribution >= 0.6 is 0 Å². The highest BCUT2D eigenvalue weighted by atomic mass is 16.5. The minimum atomic E-state index is -0.364. The fourth-order valence-electron chi connectivity index (χ4n) is 2.90. The number of aliphatic hydroxyl groups is 1. The van der Waals surface area contributed by atoms with E-state index in [0.717, 1.165) is 49.0 Å². The Morgan fingerprint density at radius 2 is 2.06 bits per heavy atom. The molecule has 0 spiro atoms. The molecule has 3 nitrogen and oxygen atoms in total. The van der Waals surface area contributed by atoms with E-state index in [4.69, 9.17) is 4.74 Å². The van der Waals surface area contributed by atoms with Gasteiger partial charge in [-0.3, -0.25) is 4.79 Å². The second-order valence-corrected chi connectivity index (χ2v) is 5.25. The zero-order chi connectivity index (χ0) is 12.5. The van der Waals surface area contributed by atoms with Crippen LogP contribution in [0.25, 0.3) is 0 Å². The summed E-state index contributed by atoms with van der Waals surface area (Å²) < 4.78 is 5.80. The molecule has 1 aromatic carbocycles. The number of ketones is 1. The molecule has 96 valence electrons. The van der Waals surface area contributed by atoms with Gasteiger partial charge >= 0.3 is 0 Å². The topological polar surface area (TPSA) is 46.5 Å². The van der Waals surface area contributed by atoms with Crippen molar-refractivity contribution in [1.29, 1.82) is 0 Å². The van der Waals surface area contributed by atoms with E-state index in [9.17, 15) is 9.90 Å². The summed E-state index contributed by atoms with van der Waals surface area (Å²) >= 11 is 0. The molecule has 18 heavy (non-hydrogen) atoms. The summed E-state index contributed by atoms with van der Waals surface area (Å²) in [7, 11) is 0. The van der Waals surface area contributed by atoms with Crippen LogP contribution in [0.5, 0.6) is 5.75 Å². The molecular weight excluding hydrogens is 228 g/mol. The number of aryl methyl sites for hydroxylation is 1. The molecule has 1 N–H and O–H groups in total. The number of hydrogen-bond acceptors (Lipinski definition) is 3. The fourth-order valence-corrected chi connectivity index (χ4v) is 2.90. The van der Waals surface area contributed by atoms with Gasteiger partial charge in [0.25, 0.3) is 0 Å². The first kappa shape index (κ1) is 11.7. The molecule has 0 saturated heterocycles. The summed E-state index contributed by atoms with van der Waals surface area (Å²) in [5, 5.41) is 9.75. The maximum absolute atomic E-state index is 11.8. The number of carbonyl (C=O) groups excluding carboxylic acids is 1. The molecule has 0 amide bonds. The molecule has 1 fully saturated rings. The zero-order valence-corrected chi connectivity index (χ0v) is 10.4. The predicted molar refractivity (Wildman–Crippen MR) is 68.0 cm³/mol. The molecule has 2 atom stereocenters. The fraction of sp³-hybridized carbons (Fsp3) is 0.533.